The van der Waals surface area contributed by atoms with Crippen LogP contribution in [0.25, 0.3) is 0 Å². The molecule has 1 aromatic carbocycles. The maximum atomic E-state index is 5.39. The SMILES string of the molecule is CN=C(NCCCCN1CCOCC1)N1CCc2ccccc2C1.I. The Morgan fingerprint density at radius 1 is 1.12 bits per heavy atom. The van der Waals surface area contributed by atoms with Gasteiger partial charge in [0.2, 0.25) is 0 Å². The molecule has 140 valence electrons. The smallest absolute Gasteiger partial charge is 0.193 e. The van der Waals surface area contributed by atoms with E-state index in [1.807, 2.05) is 7.05 Å². The number of ether oxygens (including phenoxy) is 1. The maximum Gasteiger partial charge on any atom is 0.193 e. The lowest BCUT2D eigenvalue weighted by Crippen LogP contribution is -2.44. The zero-order valence-corrected chi connectivity index (χ0v) is 17.6. The number of morpholine rings is 1. The van der Waals surface area contributed by atoms with Crippen LogP contribution in [0.2, 0.25) is 0 Å². The van der Waals surface area contributed by atoms with Crippen LogP contribution in [0.5, 0.6) is 0 Å². The summed E-state index contributed by atoms with van der Waals surface area (Å²) in [5, 5.41) is 3.54. The van der Waals surface area contributed by atoms with E-state index in [-0.39, 0.29) is 24.0 Å². The molecule has 0 saturated carbocycles. The molecule has 1 fully saturated rings. The van der Waals surface area contributed by atoms with Crippen LogP contribution >= 0.6 is 24.0 Å². The molecule has 0 atom stereocenters. The van der Waals surface area contributed by atoms with Crippen molar-refractivity contribution in [2.45, 2.75) is 25.8 Å². The third kappa shape index (κ3) is 6.11. The van der Waals surface area contributed by atoms with Gasteiger partial charge in [0.05, 0.1) is 13.2 Å². The quantitative estimate of drug-likeness (QED) is 0.319. The molecule has 6 heteroatoms. The van der Waals surface area contributed by atoms with Crippen molar-refractivity contribution in [2.75, 3.05) is 53.0 Å². The molecule has 25 heavy (non-hydrogen) atoms. The van der Waals surface area contributed by atoms with Crippen molar-refractivity contribution in [3.05, 3.63) is 35.4 Å². The summed E-state index contributed by atoms with van der Waals surface area (Å²) in [6.45, 7) is 8.14. The van der Waals surface area contributed by atoms with Crippen LogP contribution < -0.4 is 5.32 Å². The Morgan fingerprint density at radius 2 is 1.88 bits per heavy atom. The molecular formula is C19H31IN4O. The first-order chi connectivity index (χ1) is 11.9. The highest BCUT2D eigenvalue weighted by Gasteiger charge is 2.18. The Labute approximate surface area is 168 Å². The van der Waals surface area contributed by atoms with Gasteiger partial charge in [0.25, 0.3) is 0 Å². The number of benzene rings is 1. The Hall–Kier alpha value is -0.860. The minimum Gasteiger partial charge on any atom is -0.379 e. The van der Waals surface area contributed by atoms with E-state index in [9.17, 15) is 0 Å². The highest BCUT2D eigenvalue weighted by Crippen LogP contribution is 2.18. The molecule has 0 aliphatic carbocycles. The largest absolute Gasteiger partial charge is 0.379 e. The van der Waals surface area contributed by atoms with Gasteiger partial charge in [0, 0.05) is 39.8 Å². The minimum atomic E-state index is 0. The molecule has 0 spiro atoms. The number of nitrogens with zero attached hydrogens (tertiary/aromatic N) is 3. The standard InChI is InChI=1S/C19H30N4O.HI/c1-20-19(21-9-4-5-10-22-12-14-24-15-13-22)23-11-8-17-6-2-3-7-18(17)16-23;/h2-3,6-7H,4-5,8-16H2,1H3,(H,20,21);1H. The van der Waals surface area contributed by atoms with Gasteiger partial charge in [-0.25, -0.2) is 0 Å². The van der Waals surface area contributed by atoms with Gasteiger partial charge < -0.3 is 15.0 Å². The average Bonchev–Trinajstić information content (AvgIpc) is 2.65. The number of aliphatic imine (C=N–C) groups is 1. The molecule has 1 aromatic rings. The van der Waals surface area contributed by atoms with Crippen molar-refractivity contribution in [2.24, 2.45) is 4.99 Å². The van der Waals surface area contributed by atoms with Crippen LogP contribution in [0.15, 0.2) is 29.3 Å². The first-order valence-corrected chi connectivity index (χ1v) is 9.19. The second kappa shape index (κ2) is 11.0. The molecule has 0 bridgehead atoms. The van der Waals surface area contributed by atoms with E-state index in [0.29, 0.717) is 0 Å². The molecule has 2 heterocycles. The van der Waals surface area contributed by atoms with Crippen molar-refractivity contribution < 1.29 is 4.74 Å². The number of hydrogen-bond donors (Lipinski definition) is 1. The van der Waals surface area contributed by atoms with Gasteiger partial charge in [-0.1, -0.05) is 24.3 Å². The van der Waals surface area contributed by atoms with Crippen molar-refractivity contribution in [3.8, 4) is 0 Å². The average molecular weight is 458 g/mol. The van der Waals surface area contributed by atoms with E-state index < -0.39 is 0 Å². The van der Waals surface area contributed by atoms with E-state index in [1.165, 1.54) is 30.5 Å². The summed E-state index contributed by atoms with van der Waals surface area (Å²) in [5.74, 6) is 1.04. The van der Waals surface area contributed by atoms with Gasteiger partial charge in [-0.2, -0.15) is 0 Å². The third-order valence-electron chi connectivity index (χ3n) is 4.93. The summed E-state index contributed by atoms with van der Waals surface area (Å²) in [6.07, 6.45) is 3.52. The predicted octanol–water partition coefficient (Wildman–Crippen LogP) is 2.35. The fourth-order valence-corrected chi connectivity index (χ4v) is 3.49. The van der Waals surface area contributed by atoms with E-state index in [2.05, 4.69) is 44.4 Å². The molecule has 5 nitrogen and oxygen atoms in total. The second-order valence-electron chi connectivity index (χ2n) is 6.58. The van der Waals surface area contributed by atoms with Crippen LogP contribution in [0.3, 0.4) is 0 Å². The lowest BCUT2D eigenvalue weighted by molar-refractivity contribution is 0.0372. The number of hydrogen-bond acceptors (Lipinski definition) is 3. The van der Waals surface area contributed by atoms with Crippen molar-refractivity contribution in [3.63, 3.8) is 0 Å². The number of fused-ring (bicyclic) bond motifs is 1. The Morgan fingerprint density at radius 3 is 2.64 bits per heavy atom. The van der Waals surface area contributed by atoms with Crippen LogP contribution in [-0.2, 0) is 17.7 Å². The molecule has 2 aliphatic heterocycles. The van der Waals surface area contributed by atoms with Gasteiger partial charge in [-0.15, -0.1) is 24.0 Å². The number of rotatable bonds is 5. The molecule has 0 aromatic heterocycles. The van der Waals surface area contributed by atoms with E-state index >= 15 is 0 Å². The summed E-state index contributed by atoms with van der Waals surface area (Å²) in [6, 6.07) is 8.74. The first-order valence-electron chi connectivity index (χ1n) is 9.19. The highest BCUT2D eigenvalue weighted by atomic mass is 127. The number of nitrogens with one attached hydrogen (secondary N) is 1. The molecule has 1 N–H and O–H groups in total. The topological polar surface area (TPSA) is 40.1 Å². The Balaban J connectivity index is 0.00000225. The van der Waals surface area contributed by atoms with Crippen LogP contribution in [-0.4, -0.2) is 68.7 Å². The monoisotopic (exact) mass is 458 g/mol. The van der Waals surface area contributed by atoms with E-state index in [1.54, 1.807) is 0 Å². The Kier molecular flexibility index (Phi) is 8.98. The molecule has 2 aliphatic rings. The summed E-state index contributed by atoms with van der Waals surface area (Å²) < 4.78 is 5.39. The van der Waals surface area contributed by atoms with Gasteiger partial charge >= 0.3 is 0 Å². The zero-order chi connectivity index (χ0) is 16.6. The Bertz CT molecular complexity index is 546. The highest BCUT2D eigenvalue weighted by molar-refractivity contribution is 14.0. The van der Waals surface area contributed by atoms with Crippen molar-refractivity contribution >= 4 is 29.9 Å². The van der Waals surface area contributed by atoms with E-state index in [0.717, 1.165) is 58.3 Å². The molecular weight excluding hydrogens is 427 g/mol. The summed E-state index contributed by atoms with van der Waals surface area (Å²) >= 11 is 0. The third-order valence-corrected chi connectivity index (χ3v) is 4.93. The zero-order valence-electron chi connectivity index (χ0n) is 15.2. The van der Waals surface area contributed by atoms with Crippen LogP contribution in [0.1, 0.15) is 24.0 Å². The maximum absolute atomic E-state index is 5.39. The van der Waals surface area contributed by atoms with Crippen molar-refractivity contribution in [1.82, 2.24) is 15.1 Å². The summed E-state index contributed by atoms with van der Waals surface area (Å²) in [5.41, 5.74) is 2.91. The van der Waals surface area contributed by atoms with Crippen molar-refractivity contribution in [1.29, 1.82) is 0 Å². The van der Waals surface area contributed by atoms with Crippen LogP contribution in [0, 0.1) is 0 Å². The first kappa shape index (κ1) is 20.5. The molecule has 0 unspecified atom stereocenters. The van der Waals surface area contributed by atoms with Crippen LogP contribution in [0.4, 0.5) is 0 Å². The van der Waals surface area contributed by atoms with Gasteiger partial charge in [0.15, 0.2) is 5.96 Å². The number of guanidine groups is 1. The summed E-state index contributed by atoms with van der Waals surface area (Å²) in [4.78, 5) is 9.34. The van der Waals surface area contributed by atoms with Gasteiger partial charge in [-0.05, 0) is 36.9 Å². The molecule has 1 saturated heterocycles. The predicted molar refractivity (Wildman–Crippen MR) is 114 cm³/mol. The van der Waals surface area contributed by atoms with Gasteiger partial charge in [0.1, 0.15) is 0 Å². The van der Waals surface area contributed by atoms with E-state index in [4.69, 9.17) is 4.74 Å². The fourth-order valence-electron chi connectivity index (χ4n) is 3.49. The minimum absolute atomic E-state index is 0. The number of unbranched alkanes of at least 4 members (excludes halogenated alkanes) is 1. The lowest BCUT2D eigenvalue weighted by Gasteiger charge is -2.31. The molecule has 3 rings (SSSR count). The fraction of sp³-hybridized carbons (Fsp3) is 0.632. The summed E-state index contributed by atoms with van der Waals surface area (Å²) in [7, 11) is 1.89. The van der Waals surface area contributed by atoms with Gasteiger partial charge in [-0.3, -0.25) is 9.89 Å². The lowest BCUT2D eigenvalue weighted by atomic mass is 10.0. The molecule has 0 radical (unpaired) electrons. The second-order valence-corrected chi connectivity index (χ2v) is 6.58. The number of halogens is 1. The molecule has 0 amide bonds. The normalized spacial score (nSPS) is 18.4.